The highest BCUT2D eigenvalue weighted by Gasteiger charge is 2.07. The van der Waals surface area contributed by atoms with Crippen molar-refractivity contribution in [2.45, 2.75) is 19.8 Å². The van der Waals surface area contributed by atoms with Crippen molar-refractivity contribution >= 4 is 11.7 Å². The van der Waals surface area contributed by atoms with E-state index in [1.807, 2.05) is 37.3 Å². The molecule has 4 heteroatoms. The van der Waals surface area contributed by atoms with Crippen LogP contribution in [-0.2, 0) is 0 Å². The molecular formula is C18H21NO3. The van der Waals surface area contributed by atoms with E-state index in [0.29, 0.717) is 17.9 Å². The predicted octanol–water partition coefficient (Wildman–Crippen LogP) is 3.96. The Kier molecular flexibility index (Phi) is 5.83. The molecule has 116 valence electrons. The summed E-state index contributed by atoms with van der Waals surface area (Å²) >= 11 is 0. The summed E-state index contributed by atoms with van der Waals surface area (Å²) < 4.78 is 5.65. The first-order chi connectivity index (χ1) is 10.7. The monoisotopic (exact) mass is 299 g/mol. The highest BCUT2D eigenvalue weighted by Crippen LogP contribution is 2.15. The number of carboxylic acids is 1. The number of rotatable bonds is 8. The number of anilines is 1. The molecule has 2 aromatic carbocycles. The van der Waals surface area contributed by atoms with Crippen molar-refractivity contribution in [3.8, 4) is 5.75 Å². The molecule has 2 rings (SSSR count). The second-order valence-electron chi connectivity index (χ2n) is 5.15. The Bertz CT molecular complexity index is 608. The second kappa shape index (κ2) is 8.08. The molecule has 0 atom stereocenters. The quantitative estimate of drug-likeness (QED) is 0.724. The summed E-state index contributed by atoms with van der Waals surface area (Å²) in [4.78, 5) is 11.1. The average Bonchev–Trinajstić information content (AvgIpc) is 2.52. The van der Waals surface area contributed by atoms with Crippen molar-refractivity contribution in [1.82, 2.24) is 0 Å². The molecule has 0 amide bonds. The van der Waals surface area contributed by atoms with Crippen LogP contribution in [-0.4, -0.2) is 24.2 Å². The first kappa shape index (κ1) is 15.9. The van der Waals surface area contributed by atoms with Gasteiger partial charge in [0, 0.05) is 12.2 Å². The van der Waals surface area contributed by atoms with Gasteiger partial charge in [0.05, 0.1) is 12.2 Å². The highest BCUT2D eigenvalue weighted by molar-refractivity contribution is 5.94. The molecule has 0 unspecified atom stereocenters. The van der Waals surface area contributed by atoms with E-state index in [1.54, 1.807) is 18.2 Å². The van der Waals surface area contributed by atoms with Crippen molar-refractivity contribution in [3.63, 3.8) is 0 Å². The summed E-state index contributed by atoms with van der Waals surface area (Å²) in [5, 5.41) is 12.3. The van der Waals surface area contributed by atoms with Gasteiger partial charge in [-0.05, 0) is 44.0 Å². The fourth-order valence-electron chi connectivity index (χ4n) is 2.10. The Labute approximate surface area is 130 Å². The lowest BCUT2D eigenvalue weighted by molar-refractivity contribution is 0.0698. The van der Waals surface area contributed by atoms with Gasteiger partial charge in [-0.15, -0.1) is 0 Å². The number of benzene rings is 2. The zero-order valence-electron chi connectivity index (χ0n) is 12.7. The largest absolute Gasteiger partial charge is 0.494 e. The Morgan fingerprint density at radius 1 is 1.09 bits per heavy atom. The highest BCUT2D eigenvalue weighted by atomic mass is 16.5. The first-order valence-electron chi connectivity index (χ1n) is 7.42. The summed E-state index contributed by atoms with van der Waals surface area (Å²) in [6, 6.07) is 14.9. The van der Waals surface area contributed by atoms with Crippen molar-refractivity contribution in [3.05, 3.63) is 59.7 Å². The van der Waals surface area contributed by atoms with Gasteiger partial charge in [-0.25, -0.2) is 4.79 Å². The van der Waals surface area contributed by atoms with E-state index in [-0.39, 0.29) is 0 Å². The lowest BCUT2D eigenvalue weighted by atomic mass is 10.1. The van der Waals surface area contributed by atoms with Crippen LogP contribution in [0.25, 0.3) is 0 Å². The number of aromatic carboxylic acids is 1. The zero-order chi connectivity index (χ0) is 15.8. The fourth-order valence-corrected chi connectivity index (χ4v) is 2.10. The zero-order valence-corrected chi connectivity index (χ0v) is 12.7. The molecule has 0 bridgehead atoms. The van der Waals surface area contributed by atoms with Crippen LogP contribution in [0.5, 0.6) is 5.75 Å². The van der Waals surface area contributed by atoms with Crippen LogP contribution < -0.4 is 10.1 Å². The number of hydrogen-bond acceptors (Lipinski definition) is 3. The molecule has 0 saturated carbocycles. The molecule has 0 saturated heterocycles. The number of unbranched alkanes of at least 4 members (excludes halogenated alkanes) is 1. The third-order valence-corrected chi connectivity index (χ3v) is 3.33. The SMILES string of the molecule is Cc1ccc(OCCCCNc2ccccc2C(=O)O)cc1. The van der Waals surface area contributed by atoms with E-state index in [9.17, 15) is 4.79 Å². The van der Waals surface area contributed by atoms with E-state index < -0.39 is 5.97 Å². The normalized spacial score (nSPS) is 10.2. The summed E-state index contributed by atoms with van der Waals surface area (Å²) in [5.74, 6) is -0.0272. The lowest BCUT2D eigenvalue weighted by Gasteiger charge is -2.10. The Balaban J connectivity index is 1.67. The Hall–Kier alpha value is -2.49. The number of carboxylic acid groups (broad SMARTS) is 1. The summed E-state index contributed by atoms with van der Waals surface area (Å²) in [7, 11) is 0. The molecular weight excluding hydrogens is 278 g/mol. The van der Waals surface area contributed by atoms with E-state index >= 15 is 0 Å². The molecule has 0 spiro atoms. The Morgan fingerprint density at radius 2 is 1.82 bits per heavy atom. The van der Waals surface area contributed by atoms with E-state index in [1.165, 1.54) is 5.56 Å². The van der Waals surface area contributed by atoms with Gasteiger partial charge in [-0.2, -0.15) is 0 Å². The number of para-hydroxylation sites is 1. The topological polar surface area (TPSA) is 58.6 Å². The number of carbonyl (C=O) groups is 1. The minimum Gasteiger partial charge on any atom is -0.494 e. The fraction of sp³-hybridized carbons (Fsp3) is 0.278. The molecule has 0 aliphatic heterocycles. The Morgan fingerprint density at radius 3 is 2.55 bits per heavy atom. The van der Waals surface area contributed by atoms with Gasteiger partial charge in [0.25, 0.3) is 0 Å². The van der Waals surface area contributed by atoms with E-state index in [2.05, 4.69) is 5.32 Å². The maximum Gasteiger partial charge on any atom is 0.337 e. The maximum atomic E-state index is 11.1. The van der Waals surface area contributed by atoms with Crippen molar-refractivity contribution in [2.75, 3.05) is 18.5 Å². The predicted molar refractivity (Wildman–Crippen MR) is 87.8 cm³/mol. The summed E-state index contributed by atoms with van der Waals surface area (Å²) in [6.07, 6.45) is 1.83. The molecule has 22 heavy (non-hydrogen) atoms. The lowest BCUT2D eigenvalue weighted by Crippen LogP contribution is -2.08. The standard InChI is InChI=1S/C18H21NO3/c1-14-8-10-15(11-9-14)22-13-5-4-12-19-17-7-3-2-6-16(17)18(20)21/h2-3,6-11,19H,4-5,12-13H2,1H3,(H,20,21). The van der Waals surface area contributed by atoms with Gasteiger partial charge in [0.2, 0.25) is 0 Å². The number of hydrogen-bond donors (Lipinski definition) is 2. The van der Waals surface area contributed by atoms with E-state index in [0.717, 1.165) is 25.1 Å². The van der Waals surface area contributed by atoms with Gasteiger partial charge in [-0.3, -0.25) is 0 Å². The van der Waals surface area contributed by atoms with E-state index in [4.69, 9.17) is 9.84 Å². The van der Waals surface area contributed by atoms with Gasteiger partial charge in [0.1, 0.15) is 5.75 Å². The van der Waals surface area contributed by atoms with Crippen LogP contribution in [0, 0.1) is 6.92 Å². The average molecular weight is 299 g/mol. The maximum absolute atomic E-state index is 11.1. The molecule has 0 radical (unpaired) electrons. The second-order valence-corrected chi connectivity index (χ2v) is 5.15. The molecule has 0 fully saturated rings. The minimum absolute atomic E-state index is 0.304. The van der Waals surface area contributed by atoms with Gasteiger partial charge < -0.3 is 15.2 Å². The molecule has 2 N–H and O–H groups in total. The summed E-state index contributed by atoms with van der Waals surface area (Å²) in [6.45, 7) is 3.43. The number of nitrogens with one attached hydrogen (secondary N) is 1. The number of ether oxygens (including phenoxy) is 1. The van der Waals surface area contributed by atoms with Gasteiger partial charge in [-0.1, -0.05) is 29.8 Å². The first-order valence-corrected chi connectivity index (χ1v) is 7.42. The van der Waals surface area contributed by atoms with Crippen molar-refractivity contribution in [1.29, 1.82) is 0 Å². The smallest absolute Gasteiger partial charge is 0.337 e. The molecule has 0 aliphatic carbocycles. The van der Waals surface area contributed by atoms with Crippen LogP contribution in [0.1, 0.15) is 28.8 Å². The van der Waals surface area contributed by atoms with Crippen LogP contribution in [0.3, 0.4) is 0 Å². The molecule has 0 aromatic heterocycles. The third kappa shape index (κ3) is 4.81. The molecule has 2 aromatic rings. The van der Waals surface area contributed by atoms with Crippen LogP contribution in [0.4, 0.5) is 5.69 Å². The molecule has 0 heterocycles. The third-order valence-electron chi connectivity index (χ3n) is 3.33. The molecule has 0 aliphatic rings. The van der Waals surface area contributed by atoms with Crippen molar-refractivity contribution in [2.24, 2.45) is 0 Å². The van der Waals surface area contributed by atoms with Crippen LogP contribution in [0.15, 0.2) is 48.5 Å². The summed E-state index contributed by atoms with van der Waals surface area (Å²) in [5.41, 5.74) is 2.18. The van der Waals surface area contributed by atoms with Crippen LogP contribution in [0.2, 0.25) is 0 Å². The van der Waals surface area contributed by atoms with Gasteiger partial charge >= 0.3 is 5.97 Å². The number of aryl methyl sites for hydroxylation is 1. The van der Waals surface area contributed by atoms with Crippen molar-refractivity contribution < 1.29 is 14.6 Å². The van der Waals surface area contributed by atoms with Gasteiger partial charge in [0.15, 0.2) is 0 Å². The minimum atomic E-state index is -0.911. The molecule has 4 nitrogen and oxygen atoms in total. The van der Waals surface area contributed by atoms with Crippen LogP contribution >= 0.6 is 0 Å².